The monoisotopic (exact) mass is 472 g/mol. The van der Waals surface area contributed by atoms with Gasteiger partial charge in [0.25, 0.3) is 0 Å². The van der Waals surface area contributed by atoms with Crippen LogP contribution in [-0.4, -0.2) is 54.5 Å². The number of hydrogen-bond donors (Lipinski definition) is 1. The van der Waals surface area contributed by atoms with E-state index in [1.165, 1.54) is 37.8 Å². The van der Waals surface area contributed by atoms with Gasteiger partial charge in [0.1, 0.15) is 0 Å². The second-order valence-corrected chi connectivity index (χ2v) is 13.9. The first-order valence-electron chi connectivity index (χ1n) is 14.3. The first kappa shape index (κ1) is 23.7. The number of aliphatic hydroxyl groups is 1. The number of aliphatic hydroxyl groups excluding tert-OH is 1. The van der Waals surface area contributed by atoms with Gasteiger partial charge in [0.2, 0.25) is 0 Å². The first-order chi connectivity index (χ1) is 16.1. The van der Waals surface area contributed by atoms with Crippen molar-refractivity contribution in [2.45, 2.75) is 103 Å². The molecule has 6 aliphatic rings. The zero-order valence-electron chi connectivity index (χ0n) is 22.4. The van der Waals surface area contributed by atoms with Crippen molar-refractivity contribution in [2.24, 2.45) is 57.4 Å². The molecule has 2 aliphatic heterocycles. The minimum absolute atomic E-state index is 0.0861. The fourth-order valence-electron chi connectivity index (χ4n) is 10.3. The van der Waals surface area contributed by atoms with Gasteiger partial charge in [-0.25, -0.2) is 0 Å². The van der Waals surface area contributed by atoms with E-state index in [4.69, 9.17) is 14.6 Å². The van der Waals surface area contributed by atoms with Crippen LogP contribution in [0.5, 0.6) is 0 Å². The van der Waals surface area contributed by atoms with Crippen LogP contribution < -0.4 is 0 Å². The second kappa shape index (κ2) is 7.92. The van der Waals surface area contributed by atoms with Crippen LogP contribution in [-0.2, 0) is 9.47 Å². The summed E-state index contributed by atoms with van der Waals surface area (Å²) in [7, 11) is 4.18. The number of hydrogen-bond acceptors (Lipinski definition) is 5. The zero-order chi connectivity index (χ0) is 24.0. The van der Waals surface area contributed by atoms with E-state index in [0.717, 1.165) is 38.2 Å². The van der Waals surface area contributed by atoms with Crippen molar-refractivity contribution in [3.8, 4) is 0 Å². The van der Waals surface area contributed by atoms with Gasteiger partial charge < -0.3 is 19.6 Å². The van der Waals surface area contributed by atoms with Crippen LogP contribution in [0.2, 0.25) is 0 Å². The Labute approximate surface area is 207 Å². The van der Waals surface area contributed by atoms with E-state index in [2.05, 4.69) is 41.8 Å². The molecular weight excluding hydrogens is 424 g/mol. The molecule has 4 aliphatic carbocycles. The molecule has 0 aromatic carbocycles. The lowest BCUT2D eigenvalue weighted by Gasteiger charge is -2.61. The third kappa shape index (κ3) is 3.18. The van der Waals surface area contributed by atoms with Crippen molar-refractivity contribution in [1.82, 2.24) is 5.01 Å². The van der Waals surface area contributed by atoms with E-state index in [-0.39, 0.29) is 17.3 Å². The topological polar surface area (TPSA) is 54.3 Å². The lowest BCUT2D eigenvalue weighted by molar-refractivity contribution is -0.272. The van der Waals surface area contributed by atoms with Crippen molar-refractivity contribution >= 4 is 5.71 Å². The van der Waals surface area contributed by atoms with E-state index in [1.54, 1.807) is 0 Å². The van der Waals surface area contributed by atoms with Crippen LogP contribution in [0.4, 0.5) is 0 Å². The van der Waals surface area contributed by atoms with Crippen molar-refractivity contribution in [1.29, 1.82) is 0 Å². The molecule has 5 heteroatoms. The number of nitrogens with zero attached hydrogens (tertiary/aromatic N) is 2. The molecule has 34 heavy (non-hydrogen) atoms. The van der Waals surface area contributed by atoms with Gasteiger partial charge in [0, 0.05) is 43.5 Å². The Balaban J connectivity index is 1.37. The molecule has 4 saturated carbocycles. The Kier molecular flexibility index (Phi) is 5.53. The molecule has 6 rings (SSSR count). The maximum absolute atomic E-state index is 10.4. The minimum Gasteiger partial charge on any atom is -0.393 e. The molecule has 2 heterocycles. The summed E-state index contributed by atoms with van der Waals surface area (Å²) in [5.74, 6) is 3.91. The quantitative estimate of drug-likeness (QED) is 0.525. The van der Waals surface area contributed by atoms with E-state index in [1.807, 2.05) is 5.01 Å². The number of fused-ring (bicyclic) bond motifs is 7. The van der Waals surface area contributed by atoms with Crippen molar-refractivity contribution in [2.75, 3.05) is 20.7 Å². The molecule has 6 fully saturated rings. The van der Waals surface area contributed by atoms with Crippen molar-refractivity contribution in [3.05, 3.63) is 0 Å². The summed E-state index contributed by atoms with van der Waals surface area (Å²) in [5.41, 5.74) is 1.86. The minimum atomic E-state index is -0.376. The molecule has 0 aromatic rings. The van der Waals surface area contributed by atoms with E-state index in [9.17, 15) is 5.11 Å². The highest BCUT2D eigenvalue weighted by Crippen LogP contribution is 2.70. The summed E-state index contributed by atoms with van der Waals surface area (Å²) in [6.07, 6.45) is 10.5. The summed E-state index contributed by atoms with van der Waals surface area (Å²) < 4.78 is 13.5. The third-order valence-corrected chi connectivity index (χ3v) is 12.1. The fourth-order valence-corrected chi connectivity index (χ4v) is 10.3. The maximum Gasteiger partial charge on any atom is 0.171 e. The summed E-state index contributed by atoms with van der Waals surface area (Å²) in [5, 5.41) is 17.8. The first-order valence-corrected chi connectivity index (χ1v) is 14.3. The molecule has 6 unspecified atom stereocenters. The highest BCUT2D eigenvalue weighted by molar-refractivity contribution is 5.92. The molecule has 2 saturated heterocycles. The van der Waals surface area contributed by atoms with Gasteiger partial charge >= 0.3 is 0 Å². The summed E-state index contributed by atoms with van der Waals surface area (Å²) >= 11 is 0. The van der Waals surface area contributed by atoms with E-state index in [0.29, 0.717) is 47.0 Å². The van der Waals surface area contributed by atoms with Gasteiger partial charge in [-0.1, -0.05) is 27.7 Å². The molecule has 0 amide bonds. The average molecular weight is 473 g/mol. The summed E-state index contributed by atoms with van der Waals surface area (Å²) in [4.78, 5) is 0. The Morgan fingerprint density at radius 2 is 1.79 bits per heavy atom. The fraction of sp³-hybridized carbons (Fsp3) is 0.966. The summed E-state index contributed by atoms with van der Waals surface area (Å²) in [6.45, 7) is 10.7. The van der Waals surface area contributed by atoms with Gasteiger partial charge in [-0.15, -0.1) is 0 Å². The SMILES string of the molecule is CC1CC[C@@]2(OC1)OC1C[C@H]3[C@@H]4CCC5CC(O)CC[C@]5(C)[C@H]4CC(=NN(C)C)[C@]3(C)C1C2C. The number of hydrazone groups is 1. The van der Waals surface area contributed by atoms with Gasteiger partial charge in [0.15, 0.2) is 5.79 Å². The van der Waals surface area contributed by atoms with E-state index < -0.39 is 0 Å². The van der Waals surface area contributed by atoms with E-state index >= 15 is 0 Å². The Morgan fingerprint density at radius 3 is 2.50 bits per heavy atom. The Morgan fingerprint density at radius 1 is 1.00 bits per heavy atom. The third-order valence-electron chi connectivity index (χ3n) is 12.1. The number of ether oxygens (including phenoxy) is 2. The predicted molar refractivity (Wildman–Crippen MR) is 134 cm³/mol. The standard InChI is InChI=1S/C29H48N2O3/c1-17-9-12-29(33-16-17)18(2)26-24(34-29)14-23-21-8-7-19-13-20(32)10-11-27(19,3)22(21)15-25(28(23,26)4)30-31(5)6/h17-24,26,32H,7-16H2,1-6H3/t17?,18?,19?,20?,21-,22+,23+,24?,26?,27+,28-,29-/m1/s1. The molecular formula is C29H48N2O3. The summed E-state index contributed by atoms with van der Waals surface area (Å²) in [6, 6.07) is 0. The van der Waals surface area contributed by atoms with Crippen LogP contribution in [0.15, 0.2) is 5.10 Å². The Bertz CT molecular complexity index is 835. The van der Waals surface area contributed by atoms with Crippen molar-refractivity contribution in [3.63, 3.8) is 0 Å². The molecule has 1 spiro atoms. The molecule has 0 bridgehead atoms. The van der Waals surface area contributed by atoms with Gasteiger partial charge in [-0.3, -0.25) is 0 Å². The highest BCUT2D eigenvalue weighted by Gasteiger charge is 2.71. The Hall–Kier alpha value is -0.650. The van der Waals surface area contributed by atoms with Crippen LogP contribution >= 0.6 is 0 Å². The molecule has 192 valence electrons. The molecule has 5 nitrogen and oxygen atoms in total. The lowest BCUT2D eigenvalue weighted by atomic mass is 9.44. The zero-order valence-corrected chi connectivity index (χ0v) is 22.4. The van der Waals surface area contributed by atoms with Crippen LogP contribution in [0.3, 0.4) is 0 Å². The van der Waals surface area contributed by atoms with Crippen LogP contribution in [0.1, 0.15) is 85.5 Å². The lowest BCUT2D eigenvalue weighted by Crippen LogP contribution is -2.58. The molecule has 12 atom stereocenters. The van der Waals surface area contributed by atoms with Crippen LogP contribution in [0, 0.1) is 52.3 Å². The maximum atomic E-state index is 10.4. The molecule has 0 radical (unpaired) electrons. The van der Waals surface area contributed by atoms with Gasteiger partial charge in [-0.2, -0.15) is 5.10 Å². The van der Waals surface area contributed by atoms with Gasteiger partial charge in [0.05, 0.1) is 18.8 Å². The van der Waals surface area contributed by atoms with Crippen LogP contribution in [0.25, 0.3) is 0 Å². The van der Waals surface area contributed by atoms with Crippen molar-refractivity contribution < 1.29 is 14.6 Å². The average Bonchev–Trinajstić information content (AvgIpc) is 3.23. The van der Waals surface area contributed by atoms with Gasteiger partial charge in [-0.05, 0) is 86.4 Å². The largest absolute Gasteiger partial charge is 0.393 e. The highest BCUT2D eigenvalue weighted by atomic mass is 16.7. The number of rotatable bonds is 1. The second-order valence-electron chi connectivity index (χ2n) is 13.9. The molecule has 0 aromatic heterocycles. The predicted octanol–water partition coefficient (Wildman–Crippen LogP) is 5.32. The normalized spacial score (nSPS) is 57.7. The molecule has 1 N–H and O–H groups in total. The smallest absolute Gasteiger partial charge is 0.171 e.